The number of nitrogens with zero attached hydrogens (tertiary/aromatic N) is 3. The molecule has 0 saturated carbocycles. The number of carbonyl (C=O) groups is 1. The first-order valence-corrected chi connectivity index (χ1v) is 11.8. The van der Waals surface area contributed by atoms with E-state index < -0.39 is 16.1 Å². The number of hydrogen-bond acceptors (Lipinski definition) is 7. The average molecular weight is 442 g/mol. The molecule has 0 saturated heterocycles. The van der Waals surface area contributed by atoms with Gasteiger partial charge in [0.25, 0.3) is 10.0 Å². The van der Waals surface area contributed by atoms with Crippen molar-refractivity contribution in [2.24, 2.45) is 0 Å². The predicted molar refractivity (Wildman–Crippen MR) is 116 cm³/mol. The van der Waals surface area contributed by atoms with E-state index in [9.17, 15) is 13.2 Å². The highest BCUT2D eigenvalue weighted by Crippen LogP contribution is 2.38. The summed E-state index contributed by atoms with van der Waals surface area (Å²) in [5, 5.41) is 10.4. The highest BCUT2D eigenvalue weighted by atomic mass is 32.2. The Labute approximate surface area is 179 Å². The van der Waals surface area contributed by atoms with Crippen LogP contribution in [0.25, 0.3) is 11.0 Å². The molecule has 9 nitrogen and oxygen atoms in total. The van der Waals surface area contributed by atoms with Gasteiger partial charge in [0, 0.05) is 19.8 Å². The zero-order valence-corrected chi connectivity index (χ0v) is 18.2. The number of benzene rings is 2. The van der Waals surface area contributed by atoms with Crippen molar-refractivity contribution in [1.82, 2.24) is 15.0 Å². The van der Waals surface area contributed by atoms with Gasteiger partial charge >= 0.3 is 6.03 Å². The zero-order valence-electron chi connectivity index (χ0n) is 17.4. The van der Waals surface area contributed by atoms with Gasteiger partial charge in [0.15, 0.2) is 11.0 Å². The van der Waals surface area contributed by atoms with Crippen molar-refractivity contribution >= 4 is 38.5 Å². The molecule has 1 heterocycles. The first-order valence-electron chi connectivity index (χ1n) is 10.3. The lowest BCUT2D eigenvalue weighted by Crippen LogP contribution is -2.35. The Morgan fingerprint density at radius 3 is 2.29 bits per heavy atom. The number of fused-ring (bicyclic) bond motifs is 3. The Morgan fingerprint density at radius 2 is 1.65 bits per heavy atom. The molecule has 0 atom stereocenters. The Bertz CT molecular complexity index is 1280. The average Bonchev–Trinajstić information content (AvgIpc) is 3.46. The molecule has 0 aliphatic heterocycles. The van der Waals surface area contributed by atoms with E-state index in [0.29, 0.717) is 11.2 Å². The summed E-state index contributed by atoms with van der Waals surface area (Å²) in [7, 11) is -0.579. The quantitative estimate of drug-likeness (QED) is 0.639. The predicted octanol–water partition coefficient (Wildman–Crippen LogP) is 2.78. The van der Waals surface area contributed by atoms with Gasteiger partial charge in [-0.3, -0.25) is 0 Å². The van der Waals surface area contributed by atoms with Crippen LogP contribution in [0.15, 0.2) is 27.7 Å². The van der Waals surface area contributed by atoms with Crippen LogP contribution >= 0.6 is 0 Å². The summed E-state index contributed by atoms with van der Waals surface area (Å²) in [5.74, 6) is 0. The van der Waals surface area contributed by atoms with Gasteiger partial charge in [0.2, 0.25) is 0 Å². The van der Waals surface area contributed by atoms with Crippen molar-refractivity contribution in [3.63, 3.8) is 0 Å². The topological polar surface area (TPSA) is 117 Å². The number of rotatable bonds is 4. The number of anilines is 2. The van der Waals surface area contributed by atoms with E-state index in [1.54, 1.807) is 25.1 Å². The van der Waals surface area contributed by atoms with Crippen molar-refractivity contribution in [1.29, 1.82) is 0 Å². The van der Waals surface area contributed by atoms with Crippen LogP contribution in [0.2, 0.25) is 0 Å². The molecule has 31 heavy (non-hydrogen) atoms. The van der Waals surface area contributed by atoms with Gasteiger partial charge in [0.1, 0.15) is 4.90 Å². The summed E-state index contributed by atoms with van der Waals surface area (Å²) < 4.78 is 32.9. The second-order valence-electron chi connectivity index (χ2n) is 8.23. The molecule has 162 valence electrons. The Morgan fingerprint density at radius 1 is 1.00 bits per heavy atom. The van der Waals surface area contributed by atoms with Crippen LogP contribution in [-0.4, -0.2) is 38.9 Å². The third-order valence-corrected chi connectivity index (χ3v) is 7.43. The van der Waals surface area contributed by atoms with E-state index in [1.807, 2.05) is 0 Å². The Hall–Kier alpha value is -3.14. The van der Waals surface area contributed by atoms with Gasteiger partial charge in [0.05, 0.1) is 5.69 Å². The number of aromatic nitrogens is 2. The standard InChI is InChI=1S/C21H23N5O4S/c1-26(2)16-9-10-17(20-19(16)23-30-24-20)31(28,29)25-21(27)22-18-14-7-3-5-12(14)11-13-6-4-8-15(13)18/h9-11H,3-8H2,1-2H3,(H2,22,25,27). The maximum atomic E-state index is 13.0. The molecule has 0 spiro atoms. The molecule has 2 aliphatic carbocycles. The fourth-order valence-electron chi connectivity index (χ4n) is 4.69. The molecule has 0 radical (unpaired) electrons. The van der Waals surface area contributed by atoms with Gasteiger partial charge in [-0.2, -0.15) is 0 Å². The molecule has 2 aromatic carbocycles. The summed E-state index contributed by atoms with van der Waals surface area (Å²) in [6, 6.07) is 4.48. The van der Waals surface area contributed by atoms with E-state index in [0.717, 1.165) is 55.3 Å². The van der Waals surface area contributed by atoms with Crippen LogP contribution in [-0.2, 0) is 35.7 Å². The summed E-state index contributed by atoms with van der Waals surface area (Å²) in [5.41, 5.74) is 6.61. The molecule has 5 rings (SSSR count). The highest BCUT2D eigenvalue weighted by Gasteiger charge is 2.28. The number of aryl methyl sites for hydroxylation is 2. The summed E-state index contributed by atoms with van der Waals surface area (Å²) >= 11 is 0. The SMILES string of the molecule is CN(C)c1ccc(S(=O)(=O)NC(=O)Nc2c3c(cc4c2CCC4)CCC3)c2nonc12. The van der Waals surface area contributed by atoms with Crippen molar-refractivity contribution in [2.75, 3.05) is 24.3 Å². The van der Waals surface area contributed by atoms with E-state index in [1.165, 1.54) is 17.2 Å². The number of carbonyl (C=O) groups excluding carboxylic acids is 1. The summed E-state index contributed by atoms with van der Waals surface area (Å²) in [6.07, 6.45) is 5.86. The third kappa shape index (κ3) is 3.31. The molecule has 0 unspecified atom stereocenters. The second-order valence-corrected chi connectivity index (χ2v) is 9.88. The first-order chi connectivity index (χ1) is 14.8. The van der Waals surface area contributed by atoms with E-state index in [-0.39, 0.29) is 10.4 Å². The van der Waals surface area contributed by atoms with E-state index in [2.05, 4.69) is 26.4 Å². The molecule has 0 bridgehead atoms. The van der Waals surface area contributed by atoms with Crippen molar-refractivity contribution < 1.29 is 17.8 Å². The van der Waals surface area contributed by atoms with Crippen LogP contribution in [0.1, 0.15) is 35.1 Å². The fraction of sp³-hybridized carbons (Fsp3) is 0.381. The van der Waals surface area contributed by atoms with Crippen LogP contribution < -0.4 is 14.9 Å². The van der Waals surface area contributed by atoms with Gasteiger partial charge in [-0.15, -0.1) is 0 Å². The van der Waals surface area contributed by atoms with Crippen LogP contribution in [0, 0.1) is 0 Å². The smallest absolute Gasteiger partial charge is 0.333 e. The minimum absolute atomic E-state index is 0.0768. The lowest BCUT2D eigenvalue weighted by Gasteiger charge is -2.17. The van der Waals surface area contributed by atoms with Crippen molar-refractivity contribution in [3.8, 4) is 0 Å². The van der Waals surface area contributed by atoms with Gasteiger partial charge < -0.3 is 10.2 Å². The number of nitrogens with one attached hydrogen (secondary N) is 2. The van der Waals surface area contributed by atoms with Crippen molar-refractivity contribution in [3.05, 3.63) is 40.5 Å². The molecular formula is C21H23N5O4S. The Balaban J connectivity index is 1.45. The normalized spacial score (nSPS) is 15.0. The van der Waals surface area contributed by atoms with Gasteiger partial charge in [-0.05, 0) is 83.2 Å². The van der Waals surface area contributed by atoms with Gasteiger partial charge in [-0.25, -0.2) is 22.6 Å². The summed E-state index contributed by atoms with van der Waals surface area (Å²) in [4.78, 5) is 14.4. The molecule has 2 N–H and O–H groups in total. The van der Waals surface area contributed by atoms with Gasteiger partial charge in [-0.1, -0.05) is 6.07 Å². The van der Waals surface area contributed by atoms with E-state index in [4.69, 9.17) is 4.63 Å². The van der Waals surface area contributed by atoms with Crippen LogP contribution in [0.3, 0.4) is 0 Å². The molecule has 2 amide bonds. The lowest BCUT2D eigenvalue weighted by atomic mass is 9.99. The third-order valence-electron chi connectivity index (χ3n) is 6.07. The summed E-state index contributed by atoms with van der Waals surface area (Å²) in [6.45, 7) is 0. The molecular weight excluding hydrogens is 418 g/mol. The second kappa shape index (κ2) is 7.23. The number of sulfonamides is 1. The number of hydrogen-bond donors (Lipinski definition) is 2. The first kappa shape index (κ1) is 19.8. The Kier molecular flexibility index (Phi) is 4.62. The minimum atomic E-state index is -4.19. The van der Waals surface area contributed by atoms with Crippen molar-refractivity contribution in [2.45, 2.75) is 43.4 Å². The molecule has 10 heteroatoms. The van der Waals surface area contributed by atoms with Crippen LogP contribution in [0.5, 0.6) is 0 Å². The van der Waals surface area contributed by atoms with Crippen LogP contribution in [0.4, 0.5) is 16.2 Å². The monoisotopic (exact) mass is 441 g/mol. The minimum Gasteiger partial charge on any atom is -0.376 e. The molecule has 2 aliphatic rings. The maximum Gasteiger partial charge on any atom is 0.333 e. The highest BCUT2D eigenvalue weighted by molar-refractivity contribution is 7.90. The number of urea groups is 1. The zero-order chi connectivity index (χ0) is 21.8. The molecule has 0 fully saturated rings. The fourth-order valence-corrected chi connectivity index (χ4v) is 5.73. The lowest BCUT2D eigenvalue weighted by molar-refractivity contribution is 0.256. The largest absolute Gasteiger partial charge is 0.376 e. The maximum absolute atomic E-state index is 13.0. The number of amides is 2. The van der Waals surface area contributed by atoms with E-state index >= 15 is 0 Å². The molecule has 1 aromatic heterocycles. The molecule has 3 aromatic rings.